The van der Waals surface area contributed by atoms with Gasteiger partial charge >= 0.3 is 0 Å². The van der Waals surface area contributed by atoms with E-state index < -0.39 is 78.1 Å². The van der Waals surface area contributed by atoms with E-state index in [4.69, 9.17) is 92.0 Å². The van der Waals surface area contributed by atoms with Crippen LogP contribution in [0.25, 0.3) is 33.4 Å². The summed E-state index contributed by atoms with van der Waals surface area (Å²) < 4.78 is 96.7. The highest BCUT2D eigenvalue weighted by atomic mass is 16.6. The molecule has 1 saturated carbocycles. The van der Waals surface area contributed by atoms with E-state index in [0.717, 1.165) is 30.4 Å². The predicted molar refractivity (Wildman–Crippen MR) is 470 cm³/mol. The summed E-state index contributed by atoms with van der Waals surface area (Å²) in [6.45, 7) is 21.8. The highest BCUT2D eigenvalue weighted by Gasteiger charge is 2.53. The third kappa shape index (κ3) is 32.6. The SMILES string of the molecule is CO[C@H]1C[C@@H]2CC[C@@H](C)[C@@](O)(O2)C(=O)C(=O)N2CCCC[C@H]2C(O)O[C@H]([C@H](C)C[C@@H]2CC[C@@H](OCCOCc3cn(CCOCCOCCOCCOCCOCCOCCOCCOCCC(=O)NCCCCn4nc(-c5ccc6oc(N)nc6c5)c5c(N)ncnc54)nn3)[C@H](OC)C2)CC(=O)[C@H](C)/C=C(\C)[C@@H](O)[C@@H](OC)C(=O)[C@H](C)C[C@H](C)/C=C/C=C/C=C/1C. The van der Waals surface area contributed by atoms with Crippen molar-refractivity contribution in [3.63, 3.8) is 0 Å². The number of aromatic nitrogens is 8. The fourth-order valence-corrected chi connectivity index (χ4v) is 16.5. The van der Waals surface area contributed by atoms with Crippen LogP contribution in [0.4, 0.5) is 11.8 Å². The second kappa shape index (κ2) is 54.7. The molecule has 1 aliphatic carbocycles. The number of rotatable bonds is 45. The number of carbonyl (C=O) groups excluding carboxylic acids is 5. The first-order valence-electron chi connectivity index (χ1n) is 45.1. The average molecular weight is 1790 g/mol. The van der Waals surface area contributed by atoms with E-state index in [1.54, 1.807) is 56.5 Å². The molecule has 127 heavy (non-hydrogen) atoms. The number of carbonyl (C=O) groups is 5. The van der Waals surface area contributed by atoms with Gasteiger partial charge in [-0.1, -0.05) is 76.3 Å². The smallest absolute Gasteiger partial charge is 0.296 e. The van der Waals surface area contributed by atoms with Crippen molar-refractivity contribution in [1.29, 1.82) is 0 Å². The lowest BCUT2D eigenvalue weighted by atomic mass is 9.78. The van der Waals surface area contributed by atoms with Crippen LogP contribution in [0, 0.1) is 35.5 Å². The van der Waals surface area contributed by atoms with Crippen molar-refractivity contribution in [2.24, 2.45) is 35.5 Å². The highest BCUT2D eigenvalue weighted by molar-refractivity contribution is 6.39. The predicted octanol–water partition coefficient (Wildman–Crippen LogP) is 8.04. The number of aliphatic hydroxyl groups is 3. The van der Waals surface area contributed by atoms with Crippen LogP contribution in [-0.4, -0.2) is 303 Å². The number of ether oxygens (including phenoxy) is 15. The fraction of sp³-hybridized carbons (Fsp3) is 0.703. The van der Waals surface area contributed by atoms with E-state index in [-0.39, 0.29) is 86.1 Å². The highest BCUT2D eigenvalue weighted by Crippen LogP contribution is 2.40. The molecule has 0 spiro atoms. The number of allylic oxidation sites excluding steroid dienone is 6. The lowest BCUT2D eigenvalue weighted by Gasteiger charge is -2.44. The van der Waals surface area contributed by atoms with E-state index in [2.05, 4.69) is 30.6 Å². The molecule has 36 heteroatoms. The Balaban J connectivity index is 0.585. The van der Waals surface area contributed by atoms with Gasteiger partial charge in [-0.15, -0.1) is 5.10 Å². The number of hydrogen-bond donors (Lipinski definition) is 6. The summed E-state index contributed by atoms with van der Waals surface area (Å²) >= 11 is 0. The number of ketones is 3. The van der Waals surface area contributed by atoms with Gasteiger partial charge in [-0.05, 0) is 138 Å². The molecular weight excluding hydrogens is 1650 g/mol. The lowest BCUT2D eigenvalue weighted by Crippen LogP contribution is -2.61. The Hall–Kier alpha value is -7.83. The largest absolute Gasteiger partial charge is 0.424 e. The molecule has 4 aromatic heterocycles. The minimum atomic E-state index is -2.44. The number of nitrogen functional groups attached to an aromatic ring is 2. The third-order valence-electron chi connectivity index (χ3n) is 23.9. The van der Waals surface area contributed by atoms with E-state index in [0.29, 0.717) is 241 Å². The minimum absolute atomic E-state index is 0.00307. The summed E-state index contributed by atoms with van der Waals surface area (Å²) in [5.74, 6) is -6.97. The van der Waals surface area contributed by atoms with Gasteiger partial charge in [-0.3, -0.25) is 24.0 Å². The standard InChI is InChI=1S/C91H140N12O24/c1-60-18-12-11-13-19-61(2)76(112-8)55-70-24-21-66(7)91(111,127-70)85(108)88(109)102-29-16-14-20-72(102)89(110)125-77(56-73(104)62(3)51-65(6)83(107)84(114-10)82(106)64(5)50-60)63(4)52-67-22-25-75(78(53-67)113-9)124-49-48-123-58-69-57-101(100-98-69)31-33-116-35-37-118-39-41-120-43-45-122-47-46-121-44-42-119-40-38-117-36-34-115-32-27-79(105)94-28-15-17-30-103-87-80(86(92)95-59-96-87)81(99-103)68-23-26-74-71(54-68)97-90(93)126-74/h11-13,18-19,23,26,51,54,57,59-60,62-64,66-67,70,72,75-78,83-84,89,107,110-111H,14-17,20-22,24-25,27-50,52-53,55-56,58H2,1-10H3,(H2,93,97)(H,94,105)(H2,92,95,96)/b13-11+,18-12+,61-19+,65-51+/t60-,62-,63-,64-,66-,67+,70+,72+,75-,76+,77+,78-,83-,84+,89?,91-/m1/s1. The summed E-state index contributed by atoms with van der Waals surface area (Å²) in [6, 6.07) is 4.59. The van der Waals surface area contributed by atoms with Crippen LogP contribution in [0.5, 0.6) is 0 Å². The minimum Gasteiger partial charge on any atom is -0.424 e. The first-order chi connectivity index (χ1) is 61.4. The second-order valence-electron chi connectivity index (χ2n) is 33.6. The number of fused-ring (bicyclic) bond motifs is 5. The molecule has 9 rings (SSSR count). The van der Waals surface area contributed by atoms with Crippen molar-refractivity contribution in [3.8, 4) is 11.3 Å². The van der Waals surface area contributed by atoms with Gasteiger partial charge in [0.25, 0.3) is 17.7 Å². The van der Waals surface area contributed by atoms with Gasteiger partial charge in [-0.2, -0.15) is 10.1 Å². The van der Waals surface area contributed by atoms with Crippen molar-refractivity contribution < 1.29 is 115 Å². The molecule has 2 bridgehead atoms. The number of piperidine rings is 1. The van der Waals surface area contributed by atoms with Gasteiger partial charge in [0.05, 0.1) is 180 Å². The van der Waals surface area contributed by atoms with Gasteiger partial charge < -0.3 is 112 Å². The van der Waals surface area contributed by atoms with Crippen molar-refractivity contribution in [2.45, 2.75) is 225 Å². The van der Waals surface area contributed by atoms with Crippen LogP contribution in [0.3, 0.4) is 0 Å². The van der Waals surface area contributed by atoms with E-state index in [1.807, 2.05) is 76.4 Å². The zero-order valence-electron chi connectivity index (χ0n) is 76.0. The van der Waals surface area contributed by atoms with Crippen LogP contribution in [-0.2, 0) is 115 Å². The molecule has 3 fully saturated rings. The van der Waals surface area contributed by atoms with Crippen LogP contribution < -0.4 is 16.8 Å². The maximum Gasteiger partial charge on any atom is 0.296 e. The van der Waals surface area contributed by atoms with Crippen molar-refractivity contribution in [3.05, 3.63) is 84.0 Å². The molecule has 5 aromatic rings. The zero-order chi connectivity index (χ0) is 91.0. The van der Waals surface area contributed by atoms with E-state index in [9.17, 15) is 39.3 Å². The topological polar surface area (TPSA) is 452 Å². The number of aryl methyl sites for hydroxylation is 1. The molecule has 708 valence electrons. The fourth-order valence-electron chi connectivity index (χ4n) is 16.5. The second-order valence-corrected chi connectivity index (χ2v) is 33.6. The molecule has 2 saturated heterocycles. The molecular formula is C91H140N12O24. The summed E-state index contributed by atoms with van der Waals surface area (Å²) in [7, 11) is 4.63. The maximum absolute atomic E-state index is 14.6. The summed E-state index contributed by atoms with van der Waals surface area (Å²) in [4.78, 5) is 84.2. The van der Waals surface area contributed by atoms with Gasteiger partial charge in [0, 0.05) is 83.5 Å². The number of nitrogens with one attached hydrogen (secondary N) is 1. The van der Waals surface area contributed by atoms with E-state index in [1.165, 1.54) is 18.3 Å². The summed E-state index contributed by atoms with van der Waals surface area (Å²) in [5, 5.41) is 53.0. The number of Topliss-reactive ketones (excluding diaryl/α,β-unsaturated/α-hetero) is 3. The maximum atomic E-state index is 14.6. The Morgan fingerprint density at radius 2 is 1.39 bits per heavy atom. The van der Waals surface area contributed by atoms with Crippen LogP contribution in [0.1, 0.15) is 150 Å². The van der Waals surface area contributed by atoms with Gasteiger partial charge in [-0.25, -0.2) is 19.3 Å². The molecule has 1 aromatic carbocycles. The number of aliphatic hydroxyl groups excluding tert-OH is 2. The Kier molecular flexibility index (Phi) is 44.3. The Morgan fingerprint density at radius 1 is 0.717 bits per heavy atom. The molecule has 4 aliphatic rings. The number of nitrogens with zero attached hydrogens (tertiary/aromatic N) is 9. The monoisotopic (exact) mass is 1790 g/mol. The number of anilines is 2. The first kappa shape index (κ1) is 103. The molecule has 7 heterocycles. The van der Waals surface area contributed by atoms with Gasteiger partial charge in [0.1, 0.15) is 47.0 Å². The summed E-state index contributed by atoms with van der Waals surface area (Å²) in [5.41, 5.74) is 17.2. The number of nitrogens with two attached hydrogens (primary N) is 2. The molecule has 0 radical (unpaired) electrons. The average Bonchev–Trinajstić information content (AvgIpc) is 1.54. The van der Waals surface area contributed by atoms with Crippen LogP contribution >= 0.6 is 0 Å². The zero-order valence-corrected chi connectivity index (χ0v) is 76.0. The van der Waals surface area contributed by atoms with E-state index >= 15 is 0 Å². The first-order valence-corrected chi connectivity index (χ1v) is 45.1. The number of unbranched alkanes of at least 4 members (excludes halogenated alkanes) is 1. The Morgan fingerprint density at radius 3 is 2.07 bits per heavy atom. The number of hydrogen-bond acceptors (Lipinski definition) is 32. The van der Waals surface area contributed by atoms with Crippen molar-refractivity contribution in [2.75, 3.05) is 165 Å². The molecule has 16 atom stereocenters. The number of amides is 2. The Labute approximate surface area is 745 Å². The van der Waals surface area contributed by atoms with Crippen LogP contribution in [0.2, 0.25) is 0 Å². The molecule has 8 N–H and O–H groups in total. The normalized spacial score (nSPS) is 27.2. The van der Waals surface area contributed by atoms with Gasteiger partial charge in [0.2, 0.25) is 11.7 Å². The van der Waals surface area contributed by atoms with Crippen molar-refractivity contribution >= 4 is 63.1 Å². The quantitative estimate of drug-likeness (QED) is 0.0122. The van der Waals surface area contributed by atoms with Crippen molar-refractivity contribution in [1.82, 2.24) is 49.9 Å². The number of oxazole rings is 1. The molecule has 3 aliphatic heterocycles. The van der Waals surface area contributed by atoms with Crippen LogP contribution in [0.15, 0.2) is 82.7 Å². The molecule has 36 nitrogen and oxygen atoms in total. The third-order valence-corrected chi connectivity index (χ3v) is 23.9. The molecule has 2 amide bonds. The number of benzene rings is 1. The van der Waals surface area contributed by atoms with Gasteiger partial charge in [0.15, 0.2) is 23.3 Å². The Bertz CT molecular complexity index is 4270. The summed E-state index contributed by atoms with van der Waals surface area (Å²) in [6.07, 6.45) is 15.4. The molecule has 1 unspecified atom stereocenters. The number of methoxy groups -OCH3 is 3. The lowest BCUT2D eigenvalue weighted by molar-refractivity contribution is -0.266.